The van der Waals surface area contributed by atoms with Gasteiger partial charge in [0, 0.05) is 35.6 Å². The molecule has 3 heterocycles. The molecular formula is C22H23N3O2. The molecule has 3 unspecified atom stereocenters. The molecular weight excluding hydrogens is 338 g/mol. The van der Waals surface area contributed by atoms with Crippen LogP contribution in [-0.2, 0) is 11.3 Å². The number of hydrogen-bond donors (Lipinski definition) is 2. The van der Waals surface area contributed by atoms with E-state index in [-0.39, 0.29) is 11.9 Å². The highest BCUT2D eigenvalue weighted by atomic mass is 16.5. The summed E-state index contributed by atoms with van der Waals surface area (Å²) >= 11 is 0. The minimum atomic E-state index is -0.249. The molecule has 27 heavy (non-hydrogen) atoms. The second-order valence-electron chi connectivity index (χ2n) is 7.45. The minimum Gasteiger partial charge on any atom is -0.497 e. The van der Waals surface area contributed by atoms with Crippen LogP contribution in [0.3, 0.4) is 0 Å². The number of fused-ring (bicyclic) bond motifs is 6. The van der Waals surface area contributed by atoms with Gasteiger partial charge in [-0.25, -0.2) is 0 Å². The van der Waals surface area contributed by atoms with Crippen LogP contribution in [0, 0.1) is 0 Å². The molecule has 1 fully saturated rings. The predicted octanol–water partition coefficient (Wildman–Crippen LogP) is 3.34. The van der Waals surface area contributed by atoms with E-state index in [1.54, 1.807) is 7.11 Å². The van der Waals surface area contributed by atoms with Gasteiger partial charge in [0.1, 0.15) is 11.8 Å². The molecule has 0 aliphatic carbocycles. The maximum Gasteiger partial charge on any atom is 0.243 e. The number of nitrogens with one attached hydrogen (secondary N) is 2. The smallest absolute Gasteiger partial charge is 0.243 e. The third-order valence-corrected chi connectivity index (χ3v) is 5.90. The van der Waals surface area contributed by atoms with Crippen LogP contribution in [-0.4, -0.2) is 36.0 Å². The molecule has 1 amide bonds. The van der Waals surface area contributed by atoms with Crippen molar-refractivity contribution in [1.82, 2.24) is 15.2 Å². The number of ether oxygens (including phenoxy) is 1. The lowest BCUT2D eigenvalue weighted by atomic mass is 9.90. The van der Waals surface area contributed by atoms with Crippen molar-refractivity contribution in [2.45, 2.75) is 24.9 Å². The van der Waals surface area contributed by atoms with Gasteiger partial charge in [0.15, 0.2) is 0 Å². The second-order valence-corrected chi connectivity index (χ2v) is 7.45. The first kappa shape index (κ1) is 16.4. The average molecular weight is 361 g/mol. The fourth-order valence-corrected chi connectivity index (χ4v) is 4.61. The number of nitrogens with zero attached hydrogens (tertiary/aromatic N) is 1. The Balaban J connectivity index is 1.50. The molecule has 0 radical (unpaired) electrons. The fourth-order valence-electron chi connectivity index (χ4n) is 4.61. The second kappa shape index (κ2) is 6.43. The number of hydrogen-bond acceptors (Lipinski definition) is 3. The number of aromatic nitrogens is 1. The molecule has 2 aromatic carbocycles. The number of methoxy groups -OCH3 is 1. The third-order valence-electron chi connectivity index (χ3n) is 5.90. The van der Waals surface area contributed by atoms with Gasteiger partial charge in [0.25, 0.3) is 0 Å². The van der Waals surface area contributed by atoms with Crippen LogP contribution in [0.1, 0.15) is 35.2 Å². The van der Waals surface area contributed by atoms with Crippen molar-refractivity contribution < 1.29 is 9.53 Å². The number of carbonyl (C=O) groups excluding carboxylic acids is 1. The number of amides is 1. The minimum absolute atomic E-state index is 0.0685. The van der Waals surface area contributed by atoms with Crippen molar-refractivity contribution >= 4 is 16.8 Å². The van der Waals surface area contributed by atoms with Crippen LogP contribution in [0.5, 0.6) is 5.75 Å². The van der Waals surface area contributed by atoms with E-state index in [1.165, 1.54) is 10.9 Å². The Labute approximate surface area is 158 Å². The normalized spacial score (nSPS) is 23.2. The zero-order valence-corrected chi connectivity index (χ0v) is 15.4. The van der Waals surface area contributed by atoms with Gasteiger partial charge in [-0.2, -0.15) is 0 Å². The van der Waals surface area contributed by atoms with Crippen LogP contribution in [0.4, 0.5) is 0 Å². The Morgan fingerprint density at radius 3 is 2.93 bits per heavy atom. The first-order chi connectivity index (χ1) is 13.2. The summed E-state index contributed by atoms with van der Waals surface area (Å²) in [6, 6.07) is 15.9. The predicted molar refractivity (Wildman–Crippen MR) is 105 cm³/mol. The zero-order valence-electron chi connectivity index (χ0n) is 15.4. The quantitative estimate of drug-likeness (QED) is 0.749. The van der Waals surface area contributed by atoms with E-state index in [2.05, 4.69) is 27.3 Å². The van der Waals surface area contributed by atoms with E-state index in [0.29, 0.717) is 12.5 Å². The highest BCUT2D eigenvalue weighted by Crippen LogP contribution is 2.46. The molecule has 138 valence electrons. The highest BCUT2D eigenvalue weighted by Gasteiger charge is 2.43. The van der Waals surface area contributed by atoms with E-state index in [0.717, 1.165) is 42.0 Å². The molecule has 0 spiro atoms. The molecule has 5 rings (SSSR count). The first-order valence-electron chi connectivity index (χ1n) is 9.50. The summed E-state index contributed by atoms with van der Waals surface area (Å²) in [6.45, 7) is 2.46. The molecule has 2 aliphatic rings. The van der Waals surface area contributed by atoms with Crippen molar-refractivity contribution in [1.29, 1.82) is 0 Å². The first-order valence-corrected chi connectivity index (χ1v) is 9.50. The number of carbonyl (C=O) groups is 1. The summed E-state index contributed by atoms with van der Waals surface area (Å²) in [5, 5.41) is 4.33. The van der Waals surface area contributed by atoms with Crippen LogP contribution < -0.4 is 10.1 Å². The SMILES string of the molecule is COc1ccc2[nH]c3c(c2c1)C1CCN(C1)C3C(=O)NCc1ccccc1. The topological polar surface area (TPSA) is 57.4 Å². The van der Waals surface area contributed by atoms with Crippen molar-refractivity contribution in [2.75, 3.05) is 20.2 Å². The van der Waals surface area contributed by atoms with Crippen molar-refractivity contribution in [3.05, 3.63) is 65.4 Å². The Kier molecular flexibility index (Phi) is 3.90. The van der Waals surface area contributed by atoms with Crippen LogP contribution in [0.25, 0.3) is 10.9 Å². The summed E-state index contributed by atoms with van der Waals surface area (Å²) < 4.78 is 5.42. The Morgan fingerprint density at radius 2 is 2.11 bits per heavy atom. The van der Waals surface area contributed by atoms with E-state index in [1.807, 2.05) is 36.4 Å². The number of aromatic amines is 1. The number of benzene rings is 2. The Morgan fingerprint density at radius 1 is 1.26 bits per heavy atom. The monoisotopic (exact) mass is 361 g/mol. The van der Waals surface area contributed by atoms with Gasteiger partial charge in [0.2, 0.25) is 5.91 Å². The van der Waals surface area contributed by atoms with Crippen molar-refractivity contribution in [2.24, 2.45) is 0 Å². The van der Waals surface area contributed by atoms with Gasteiger partial charge in [-0.1, -0.05) is 30.3 Å². The molecule has 3 aromatic rings. The standard InChI is InChI=1S/C22H23N3O2/c1-27-16-7-8-18-17(11-16)19-15-9-10-25(13-15)21(20(19)24-18)22(26)23-12-14-5-3-2-4-6-14/h2-8,11,15,21,24H,9-10,12-13H2,1H3,(H,23,26). The van der Waals surface area contributed by atoms with Crippen LogP contribution in [0.2, 0.25) is 0 Å². The van der Waals surface area contributed by atoms with Crippen LogP contribution in [0.15, 0.2) is 48.5 Å². The van der Waals surface area contributed by atoms with E-state index in [4.69, 9.17) is 4.74 Å². The number of rotatable bonds is 4. The third kappa shape index (κ3) is 2.70. The molecule has 1 aromatic heterocycles. The van der Waals surface area contributed by atoms with E-state index >= 15 is 0 Å². The average Bonchev–Trinajstić information content (AvgIpc) is 3.29. The van der Waals surface area contributed by atoms with E-state index in [9.17, 15) is 4.79 Å². The van der Waals surface area contributed by atoms with Gasteiger partial charge in [0.05, 0.1) is 7.11 Å². The van der Waals surface area contributed by atoms with Gasteiger partial charge in [-0.15, -0.1) is 0 Å². The molecule has 2 bridgehead atoms. The molecule has 1 saturated heterocycles. The lowest BCUT2D eigenvalue weighted by Gasteiger charge is -2.31. The molecule has 2 N–H and O–H groups in total. The molecule has 5 nitrogen and oxygen atoms in total. The molecule has 3 atom stereocenters. The highest BCUT2D eigenvalue weighted by molar-refractivity contribution is 5.91. The summed E-state index contributed by atoms with van der Waals surface area (Å²) in [5.74, 6) is 1.41. The summed E-state index contributed by atoms with van der Waals surface area (Å²) in [7, 11) is 1.69. The van der Waals surface area contributed by atoms with E-state index < -0.39 is 0 Å². The summed E-state index contributed by atoms with van der Waals surface area (Å²) in [6.07, 6.45) is 1.10. The fraction of sp³-hybridized carbons (Fsp3) is 0.318. The van der Waals surface area contributed by atoms with Crippen molar-refractivity contribution in [3.63, 3.8) is 0 Å². The van der Waals surface area contributed by atoms with Crippen molar-refractivity contribution in [3.8, 4) is 5.75 Å². The summed E-state index contributed by atoms with van der Waals surface area (Å²) in [4.78, 5) is 19.0. The van der Waals surface area contributed by atoms with Crippen LogP contribution >= 0.6 is 0 Å². The number of H-pyrrole nitrogens is 1. The van der Waals surface area contributed by atoms with Gasteiger partial charge >= 0.3 is 0 Å². The maximum atomic E-state index is 13.1. The molecule has 2 aliphatic heterocycles. The molecule has 5 heteroatoms. The molecule has 0 saturated carbocycles. The Bertz CT molecular complexity index is 995. The lowest BCUT2D eigenvalue weighted by molar-refractivity contribution is -0.126. The van der Waals surface area contributed by atoms with Gasteiger partial charge in [-0.05, 0) is 42.3 Å². The largest absolute Gasteiger partial charge is 0.497 e. The maximum absolute atomic E-state index is 13.1. The van der Waals surface area contributed by atoms with Gasteiger partial charge < -0.3 is 15.0 Å². The Hall–Kier alpha value is -2.79. The summed E-state index contributed by atoms with van der Waals surface area (Å²) in [5.41, 5.74) is 4.55. The zero-order chi connectivity index (χ0) is 18.4. The van der Waals surface area contributed by atoms with Gasteiger partial charge in [-0.3, -0.25) is 9.69 Å². The lowest BCUT2D eigenvalue weighted by Crippen LogP contribution is -2.41.